The minimum atomic E-state index is -0.513. The number of carbonyl (C=O) groups excluding carboxylic acids is 1. The highest BCUT2D eigenvalue weighted by Gasteiger charge is 2.07. The van der Waals surface area contributed by atoms with Gasteiger partial charge < -0.3 is 4.42 Å². The molecule has 56 valence electrons. The first-order chi connectivity index (χ1) is 5.24. The maximum absolute atomic E-state index is 10.8. The molecule has 1 amide bonds. The number of nitrogens with zero attached hydrogens (tertiary/aromatic N) is 1. The molecule has 11 heavy (non-hydrogen) atoms. The van der Waals surface area contributed by atoms with Crippen molar-refractivity contribution in [1.29, 1.82) is 5.26 Å². The molecule has 1 aromatic rings. The lowest BCUT2D eigenvalue weighted by Crippen LogP contribution is -2.16. The van der Waals surface area contributed by atoms with Gasteiger partial charge >= 0.3 is 0 Å². The van der Waals surface area contributed by atoms with E-state index >= 15 is 0 Å². The SMILES string of the molecule is Cc1ccc(C(=O)NC#N)o1. The molecular formula is C7H6N2O2. The lowest BCUT2D eigenvalue weighted by atomic mass is 10.4. The summed E-state index contributed by atoms with van der Waals surface area (Å²) in [6, 6.07) is 3.17. The summed E-state index contributed by atoms with van der Waals surface area (Å²) in [5.41, 5.74) is 0. The zero-order valence-corrected chi connectivity index (χ0v) is 5.92. The van der Waals surface area contributed by atoms with E-state index in [1.807, 2.05) is 5.32 Å². The standard InChI is InChI=1S/C7H6N2O2/c1-5-2-3-6(11-5)7(10)9-4-8/h2-3H,1H3,(H,9,10). The van der Waals surface area contributed by atoms with Crippen LogP contribution in [0.1, 0.15) is 16.3 Å². The molecule has 1 N–H and O–H groups in total. The second-order valence-electron chi connectivity index (χ2n) is 1.98. The Morgan fingerprint density at radius 1 is 1.73 bits per heavy atom. The Kier molecular flexibility index (Phi) is 1.93. The number of carbonyl (C=O) groups is 1. The first-order valence-electron chi connectivity index (χ1n) is 3.00. The van der Waals surface area contributed by atoms with Gasteiger partial charge in [0.1, 0.15) is 5.76 Å². The molecule has 0 saturated heterocycles. The molecule has 1 rings (SSSR count). The van der Waals surface area contributed by atoms with Gasteiger partial charge in [-0.25, -0.2) is 0 Å². The molecular weight excluding hydrogens is 144 g/mol. The van der Waals surface area contributed by atoms with Gasteiger partial charge in [0, 0.05) is 0 Å². The lowest BCUT2D eigenvalue weighted by Gasteiger charge is -1.88. The molecule has 0 aliphatic rings. The van der Waals surface area contributed by atoms with Gasteiger partial charge in [-0.1, -0.05) is 0 Å². The third kappa shape index (κ3) is 1.58. The Balaban J connectivity index is 2.78. The fourth-order valence-corrected chi connectivity index (χ4v) is 0.669. The Bertz CT molecular complexity index is 308. The smallest absolute Gasteiger partial charge is 0.299 e. The van der Waals surface area contributed by atoms with Gasteiger partial charge in [0.05, 0.1) is 0 Å². The molecule has 0 atom stereocenters. The molecule has 0 bridgehead atoms. The molecule has 0 spiro atoms. The molecule has 0 aliphatic carbocycles. The maximum Gasteiger partial charge on any atom is 0.299 e. The predicted octanol–water partition coefficient (Wildman–Crippen LogP) is 0.799. The number of nitrogens with one attached hydrogen (secondary N) is 1. The zero-order valence-electron chi connectivity index (χ0n) is 5.92. The summed E-state index contributed by atoms with van der Waals surface area (Å²) in [7, 11) is 0. The van der Waals surface area contributed by atoms with Crippen LogP contribution in [-0.4, -0.2) is 5.91 Å². The van der Waals surface area contributed by atoms with Gasteiger partial charge in [-0.3, -0.25) is 10.1 Å². The maximum atomic E-state index is 10.8. The summed E-state index contributed by atoms with van der Waals surface area (Å²) in [5.74, 6) is 0.290. The summed E-state index contributed by atoms with van der Waals surface area (Å²) in [6.07, 6.45) is 1.52. The average molecular weight is 150 g/mol. The number of nitriles is 1. The van der Waals surface area contributed by atoms with Crippen LogP contribution >= 0.6 is 0 Å². The van der Waals surface area contributed by atoms with Crippen molar-refractivity contribution < 1.29 is 9.21 Å². The quantitative estimate of drug-likeness (QED) is 0.475. The van der Waals surface area contributed by atoms with Crippen LogP contribution in [0.3, 0.4) is 0 Å². The van der Waals surface area contributed by atoms with Gasteiger partial charge in [-0.05, 0) is 19.1 Å². The first-order valence-corrected chi connectivity index (χ1v) is 3.00. The van der Waals surface area contributed by atoms with Crippen molar-refractivity contribution in [3.63, 3.8) is 0 Å². The largest absolute Gasteiger partial charge is 0.456 e. The van der Waals surface area contributed by atoms with Gasteiger partial charge in [-0.2, -0.15) is 5.26 Å². The third-order valence-corrected chi connectivity index (χ3v) is 1.13. The monoisotopic (exact) mass is 150 g/mol. The molecule has 1 aromatic heterocycles. The van der Waals surface area contributed by atoms with Crippen LogP contribution in [0, 0.1) is 18.4 Å². The molecule has 0 aromatic carbocycles. The average Bonchev–Trinajstić information content (AvgIpc) is 2.36. The fraction of sp³-hybridized carbons (Fsp3) is 0.143. The van der Waals surface area contributed by atoms with Crippen molar-refractivity contribution in [2.45, 2.75) is 6.92 Å². The third-order valence-electron chi connectivity index (χ3n) is 1.13. The van der Waals surface area contributed by atoms with Crippen LogP contribution in [-0.2, 0) is 0 Å². The van der Waals surface area contributed by atoms with E-state index < -0.39 is 5.91 Å². The molecule has 4 heteroatoms. The molecule has 0 radical (unpaired) electrons. The highest BCUT2D eigenvalue weighted by atomic mass is 16.3. The van der Waals surface area contributed by atoms with Gasteiger partial charge in [0.15, 0.2) is 12.0 Å². The number of aryl methyl sites for hydroxylation is 1. The molecule has 0 aliphatic heterocycles. The number of hydrogen-bond donors (Lipinski definition) is 1. The van der Waals surface area contributed by atoms with Crippen LogP contribution in [0.4, 0.5) is 0 Å². The van der Waals surface area contributed by atoms with Crippen molar-refractivity contribution in [3.05, 3.63) is 23.7 Å². The summed E-state index contributed by atoms with van der Waals surface area (Å²) in [4.78, 5) is 10.8. The van der Waals surface area contributed by atoms with E-state index in [4.69, 9.17) is 9.68 Å². The Morgan fingerprint density at radius 2 is 2.45 bits per heavy atom. The fourth-order valence-electron chi connectivity index (χ4n) is 0.669. The van der Waals surface area contributed by atoms with Crippen LogP contribution in [0.15, 0.2) is 16.5 Å². The summed E-state index contributed by atoms with van der Waals surface area (Å²) >= 11 is 0. The second kappa shape index (κ2) is 2.88. The lowest BCUT2D eigenvalue weighted by molar-refractivity contribution is 0.0944. The van der Waals surface area contributed by atoms with Gasteiger partial charge in [-0.15, -0.1) is 0 Å². The molecule has 1 heterocycles. The van der Waals surface area contributed by atoms with Crippen LogP contribution < -0.4 is 5.32 Å². The molecule has 4 nitrogen and oxygen atoms in total. The number of amides is 1. The van der Waals surface area contributed by atoms with E-state index in [-0.39, 0.29) is 5.76 Å². The Labute approximate surface area is 63.4 Å². The predicted molar refractivity (Wildman–Crippen MR) is 36.5 cm³/mol. The van der Waals surface area contributed by atoms with E-state index in [2.05, 4.69) is 0 Å². The van der Waals surface area contributed by atoms with Crippen molar-refractivity contribution in [1.82, 2.24) is 5.32 Å². The molecule has 0 unspecified atom stereocenters. The van der Waals surface area contributed by atoms with Crippen LogP contribution in [0.2, 0.25) is 0 Å². The normalized spacial score (nSPS) is 8.73. The summed E-state index contributed by atoms with van der Waals surface area (Å²) in [5, 5.41) is 10.0. The van der Waals surface area contributed by atoms with E-state index in [0.717, 1.165) is 0 Å². The van der Waals surface area contributed by atoms with Crippen molar-refractivity contribution in [2.75, 3.05) is 0 Å². The number of furan rings is 1. The van der Waals surface area contributed by atoms with Crippen molar-refractivity contribution in [3.8, 4) is 6.19 Å². The number of rotatable bonds is 1. The van der Waals surface area contributed by atoms with E-state index in [1.165, 1.54) is 12.3 Å². The topological polar surface area (TPSA) is 66.0 Å². The van der Waals surface area contributed by atoms with Gasteiger partial charge in [0.2, 0.25) is 0 Å². The van der Waals surface area contributed by atoms with Crippen LogP contribution in [0.25, 0.3) is 0 Å². The highest BCUT2D eigenvalue weighted by molar-refractivity contribution is 5.92. The summed E-state index contributed by atoms with van der Waals surface area (Å²) < 4.78 is 4.93. The van der Waals surface area contributed by atoms with E-state index in [1.54, 1.807) is 13.0 Å². The van der Waals surface area contributed by atoms with Crippen molar-refractivity contribution >= 4 is 5.91 Å². The van der Waals surface area contributed by atoms with E-state index in [0.29, 0.717) is 5.76 Å². The highest BCUT2D eigenvalue weighted by Crippen LogP contribution is 2.04. The molecule has 0 saturated carbocycles. The number of hydrogen-bond acceptors (Lipinski definition) is 3. The van der Waals surface area contributed by atoms with E-state index in [9.17, 15) is 4.79 Å². The minimum absolute atomic E-state index is 0.157. The molecule has 0 fully saturated rings. The second-order valence-corrected chi connectivity index (χ2v) is 1.98. The Morgan fingerprint density at radius 3 is 2.91 bits per heavy atom. The Hall–Kier alpha value is -1.76. The van der Waals surface area contributed by atoms with Crippen LogP contribution in [0.5, 0.6) is 0 Å². The minimum Gasteiger partial charge on any atom is -0.456 e. The van der Waals surface area contributed by atoms with Crippen molar-refractivity contribution in [2.24, 2.45) is 0 Å². The summed E-state index contributed by atoms with van der Waals surface area (Å²) in [6.45, 7) is 1.73. The first kappa shape index (κ1) is 7.35. The van der Waals surface area contributed by atoms with Gasteiger partial charge in [0.25, 0.3) is 5.91 Å². The zero-order chi connectivity index (χ0) is 8.27.